The number of nitrogens with two attached hydrogens (primary N) is 1. The van der Waals surface area contributed by atoms with E-state index in [2.05, 4.69) is 26.0 Å². The molecule has 0 aliphatic carbocycles. The summed E-state index contributed by atoms with van der Waals surface area (Å²) in [5.41, 5.74) is 5.36. The Morgan fingerprint density at radius 3 is 1.25 bits per heavy atom. The molecule has 0 aliphatic rings. The van der Waals surface area contributed by atoms with Gasteiger partial charge in [-0.3, -0.25) is 18.6 Å². The third-order valence-corrected chi connectivity index (χ3v) is 11.6. The van der Waals surface area contributed by atoms with Crippen molar-refractivity contribution in [3.63, 3.8) is 0 Å². The number of unbranched alkanes of at least 4 members (excludes halogenated alkanes) is 31. The van der Waals surface area contributed by atoms with Crippen LogP contribution in [0, 0.1) is 0 Å². The molecule has 0 saturated heterocycles. The molecule has 0 rings (SSSR count). The highest BCUT2D eigenvalue weighted by Crippen LogP contribution is 2.43. The number of rotatable bonds is 46. The van der Waals surface area contributed by atoms with Gasteiger partial charge in [0.1, 0.15) is 6.61 Å². The largest absolute Gasteiger partial charge is 0.472 e. The van der Waals surface area contributed by atoms with Crippen molar-refractivity contribution in [2.24, 2.45) is 5.73 Å². The van der Waals surface area contributed by atoms with Crippen LogP contribution in [0.2, 0.25) is 0 Å². The maximum atomic E-state index is 12.6. The van der Waals surface area contributed by atoms with Crippen molar-refractivity contribution >= 4 is 19.8 Å². The monoisotopic (exact) mass is 830 g/mol. The molecule has 0 amide bonds. The zero-order valence-corrected chi connectivity index (χ0v) is 38.2. The molecule has 0 fully saturated rings. The van der Waals surface area contributed by atoms with Gasteiger partial charge in [0, 0.05) is 19.4 Å². The Labute approximate surface area is 351 Å². The molecule has 9 nitrogen and oxygen atoms in total. The van der Waals surface area contributed by atoms with E-state index in [1.807, 2.05) is 0 Å². The summed E-state index contributed by atoms with van der Waals surface area (Å²) in [6, 6.07) is 0. The molecule has 0 radical (unpaired) electrons. The first kappa shape index (κ1) is 55.8. The fraction of sp³-hybridized carbons (Fsp3) is 0.915. The van der Waals surface area contributed by atoms with Crippen molar-refractivity contribution in [1.82, 2.24) is 0 Å². The predicted octanol–water partition coefficient (Wildman–Crippen LogP) is 14.2. The van der Waals surface area contributed by atoms with Crippen molar-refractivity contribution in [2.75, 3.05) is 26.4 Å². The van der Waals surface area contributed by atoms with Crippen LogP contribution >= 0.6 is 7.82 Å². The number of phosphoric acid groups is 1. The lowest BCUT2D eigenvalue weighted by molar-refractivity contribution is -0.161. The highest BCUT2D eigenvalue weighted by Gasteiger charge is 2.26. The summed E-state index contributed by atoms with van der Waals surface area (Å²) in [5, 5.41) is 0. The molecule has 0 aromatic carbocycles. The van der Waals surface area contributed by atoms with Gasteiger partial charge in [-0.2, -0.15) is 0 Å². The molecule has 0 bridgehead atoms. The molecule has 0 spiro atoms. The van der Waals surface area contributed by atoms with E-state index in [1.54, 1.807) is 0 Å². The lowest BCUT2D eigenvalue weighted by atomic mass is 10.0. The number of ether oxygens (including phenoxy) is 2. The Morgan fingerprint density at radius 2 is 0.860 bits per heavy atom. The second kappa shape index (κ2) is 44.3. The van der Waals surface area contributed by atoms with E-state index in [0.29, 0.717) is 6.42 Å². The van der Waals surface area contributed by atoms with Crippen LogP contribution in [-0.2, 0) is 32.7 Å². The van der Waals surface area contributed by atoms with E-state index in [1.165, 1.54) is 180 Å². The first-order valence-corrected chi connectivity index (χ1v) is 25.7. The van der Waals surface area contributed by atoms with Crippen LogP contribution < -0.4 is 5.73 Å². The molecule has 2 atom stereocenters. The van der Waals surface area contributed by atoms with Gasteiger partial charge in [0.15, 0.2) is 6.10 Å². The summed E-state index contributed by atoms with van der Waals surface area (Å²) in [6.45, 7) is 3.77. The number of esters is 2. The van der Waals surface area contributed by atoms with Gasteiger partial charge < -0.3 is 20.1 Å². The standard InChI is InChI=1S/C47H92NO8P/c1-3-5-7-9-11-13-15-17-19-21-22-24-25-27-29-31-33-35-37-39-46(49)53-43-45(44-55-57(51,52)54-42-41-48)56-47(50)40-38-36-34-32-30-28-26-23-20-18-16-14-12-10-8-6-4-2/h17,19,45H,3-16,18,20-44,48H2,1-2H3,(H,51,52). The molecule has 10 heteroatoms. The lowest BCUT2D eigenvalue weighted by Gasteiger charge is -2.19. The minimum atomic E-state index is -4.37. The first-order chi connectivity index (χ1) is 27.8. The Bertz CT molecular complexity index is 948. The smallest absolute Gasteiger partial charge is 0.462 e. The molecular weight excluding hydrogens is 737 g/mol. The molecule has 0 aromatic rings. The molecule has 3 N–H and O–H groups in total. The van der Waals surface area contributed by atoms with E-state index in [9.17, 15) is 19.0 Å². The second-order valence-corrected chi connectivity index (χ2v) is 17.8. The Balaban J connectivity index is 4.05. The van der Waals surface area contributed by atoms with Gasteiger partial charge >= 0.3 is 19.8 Å². The Hall–Kier alpha value is -1.25. The van der Waals surface area contributed by atoms with Crippen LogP contribution in [-0.4, -0.2) is 49.3 Å². The third-order valence-electron chi connectivity index (χ3n) is 10.7. The van der Waals surface area contributed by atoms with E-state index >= 15 is 0 Å². The Morgan fingerprint density at radius 1 is 0.509 bits per heavy atom. The van der Waals surface area contributed by atoms with Crippen LogP contribution in [0.1, 0.15) is 245 Å². The fourth-order valence-corrected chi connectivity index (χ4v) is 7.81. The molecule has 0 heterocycles. The summed E-state index contributed by atoms with van der Waals surface area (Å²) < 4.78 is 32.9. The van der Waals surface area contributed by atoms with Crippen LogP contribution in [0.25, 0.3) is 0 Å². The van der Waals surface area contributed by atoms with Gasteiger partial charge in [0.05, 0.1) is 13.2 Å². The maximum absolute atomic E-state index is 12.6. The van der Waals surface area contributed by atoms with Crippen molar-refractivity contribution in [2.45, 2.75) is 251 Å². The van der Waals surface area contributed by atoms with Crippen LogP contribution in [0.15, 0.2) is 12.2 Å². The number of carbonyl (C=O) groups is 2. The van der Waals surface area contributed by atoms with Gasteiger partial charge in [0.2, 0.25) is 0 Å². The number of phosphoric ester groups is 1. The molecular formula is C47H92NO8P. The van der Waals surface area contributed by atoms with Crippen molar-refractivity contribution in [1.29, 1.82) is 0 Å². The van der Waals surface area contributed by atoms with Crippen molar-refractivity contribution < 1.29 is 37.6 Å². The quantitative estimate of drug-likeness (QED) is 0.0266. The molecule has 338 valence electrons. The van der Waals surface area contributed by atoms with Gasteiger partial charge in [-0.15, -0.1) is 0 Å². The van der Waals surface area contributed by atoms with Gasteiger partial charge in [-0.25, -0.2) is 4.57 Å². The highest BCUT2D eigenvalue weighted by molar-refractivity contribution is 7.47. The average molecular weight is 830 g/mol. The lowest BCUT2D eigenvalue weighted by Crippen LogP contribution is -2.29. The molecule has 0 aromatic heterocycles. The third kappa shape index (κ3) is 44.1. The summed E-state index contributed by atoms with van der Waals surface area (Å²) in [4.78, 5) is 35.0. The number of hydrogen-bond acceptors (Lipinski definition) is 8. The minimum Gasteiger partial charge on any atom is -0.462 e. The number of carbonyl (C=O) groups excluding carboxylic acids is 2. The fourth-order valence-electron chi connectivity index (χ4n) is 7.04. The van der Waals surface area contributed by atoms with Gasteiger partial charge in [-0.1, -0.05) is 206 Å². The topological polar surface area (TPSA) is 134 Å². The Kier molecular flexibility index (Phi) is 43.3. The van der Waals surface area contributed by atoms with Crippen LogP contribution in [0.5, 0.6) is 0 Å². The van der Waals surface area contributed by atoms with E-state index < -0.39 is 26.5 Å². The summed E-state index contributed by atoms with van der Waals surface area (Å²) in [6.07, 6.45) is 46.7. The summed E-state index contributed by atoms with van der Waals surface area (Å²) in [7, 11) is -4.37. The SMILES string of the molecule is CCCCCCCCC=CCCCCCCCCCCCC(=O)OCC(COP(=O)(O)OCCN)OC(=O)CCCCCCCCCCCCCCCCCCC. The normalized spacial score (nSPS) is 13.3. The molecule has 57 heavy (non-hydrogen) atoms. The summed E-state index contributed by atoms with van der Waals surface area (Å²) >= 11 is 0. The zero-order valence-electron chi connectivity index (χ0n) is 37.3. The first-order valence-electron chi connectivity index (χ1n) is 24.2. The summed E-state index contributed by atoms with van der Waals surface area (Å²) in [5.74, 6) is -0.816. The molecule has 0 aliphatic heterocycles. The van der Waals surface area contributed by atoms with E-state index in [-0.39, 0.29) is 38.6 Å². The average Bonchev–Trinajstić information content (AvgIpc) is 3.20. The highest BCUT2D eigenvalue weighted by atomic mass is 31.2. The van der Waals surface area contributed by atoms with Crippen molar-refractivity contribution in [3.05, 3.63) is 12.2 Å². The van der Waals surface area contributed by atoms with E-state index in [4.69, 9.17) is 24.3 Å². The number of hydrogen-bond donors (Lipinski definition) is 2. The van der Waals surface area contributed by atoms with Gasteiger partial charge in [0.25, 0.3) is 0 Å². The van der Waals surface area contributed by atoms with Gasteiger partial charge in [-0.05, 0) is 38.5 Å². The van der Waals surface area contributed by atoms with Crippen molar-refractivity contribution in [3.8, 4) is 0 Å². The molecule has 0 saturated carbocycles. The maximum Gasteiger partial charge on any atom is 0.472 e. The van der Waals surface area contributed by atoms with Crippen LogP contribution in [0.3, 0.4) is 0 Å². The minimum absolute atomic E-state index is 0.0563. The van der Waals surface area contributed by atoms with Crippen LogP contribution in [0.4, 0.5) is 0 Å². The van der Waals surface area contributed by atoms with E-state index in [0.717, 1.165) is 32.1 Å². The second-order valence-electron chi connectivity index (χ2n) is 16.3. The number of allylic oxidation sites excluding steroid dienone is 2. The molecule has 2 unspecified atom stereocenters. The predicted molar refractivity (Wildman–Crippen MR) is 238 cm³/mol. The zero-order chi connectivity index (χ0) is 41.8.